The number of aromatic nitrogens is 1. The Hall–Kier alpha value is -3.65. The number of nitrogens with one attached hydrogen (secondary N) is 1. The zero-order chi connectivity index (χ0) is 32.1. The third-order valence-electron chi connectivity index (χ3n) is 7.38. The molecule has 8 nitrogen and oxygen atoms in total. The van der Waals surface area contributed by atoms with Crippen LogP contribution >= 0.6 is 10.2 Å². The summed E-state index contributed by atoms with van der Waals surface area (Å²) in [7, 11) is -10.2. The van der Waals surface area contributed by atoms with Gasteiger partial charge in [-0.1, -0.05) is 25.5 Å². The molecule has 0 spiro atoms. The van der Waals surface area contributed by atoms with Crippen LogP contribution in [0.5, 0.6) is 0 Å². The fraction of sp³-hybridized carbons (Fsp3) is 0.462. The van der Waals surface area contributed by atoms with Gasteiger partial charge in [-0.25, -0.2) is 13.8 Å². The molecule has 2 unspecified atom stereocenters. The summed E-state index contributed by atoms with van der Waals surface area (Å²) in [4.78, 5) is 30.4. The highest BCUT2D eigenvalue weighted by atomic mass is 32.5. The predicted octanol–water partition coefficient (Wildman–Crippen LogP) is 5.95. The number of anilines is 1. The Morgan fingerprint density at radius 2 is 1.74 bits per heavy atom. The number of hydrogen-bond donors (Lipinski definition) is 2. The van der Waals surface area contributed by atoms with E-state index in [0.29, 0.717) is 17.0 Å². The monoisotopic (exact) mass is 641 g/mol. The number of pyridine rings is 1. The van der Waals surface area contributed by atoms with Gasteiger partial charge in [-0.15, -0.1) is 0 Å². The van der Waals surface area contributed by atoms with E-state index in [1.54, 1.807) is 6.19 Å². The van der Waals surface area contributed by atoms with E-state index in [0.717, 1.165) is 17.2 Å². The fourth-order valence-electron chi connectivity index (χ4n) is 5.29. The van der Waals surface area contributed by atoms with Crippen LogP contribution in [0.4, 0.5) is 38.3 Å². The molecule has 2 aliphatic rings. The van der Waals surface area contributed by atoms with Crippen LogP contribution in [0.2, 0.25) is 0 Å². The van der Waals surface area contributed by atoms with Crippen molar-refractivity contribution in [2.45, 2.75) is 73.6 Å². The molecule has 4 rings (SSSR count). The maximum atomic E-state index is 15.1. The van der Waals surface area contributed by atoms with Gasteiger partial charge in [-0.2, -0.15) is 9.65 Å². The summed E-state index contributed by atoms with van der Waals surface area (Å²) >= 11 is 0. The average Bonchev–Trinajstić information content (AvgIpc) is 3.22. The van der Waals surface area contributed by atoms with Crippen LogP contribution in [0.15, 0.2) is 47.5 Å². The molecule has 2 fully saturated rings. The molecule has 2 amide bonds. The van der Waals surface area contributed by atoms with Gasteiger partial charge in [0.15, 0.2) is 6.19 Å². The van der Waals surface area contributed by atoms with Gasteiger partial charge in [-0.3, -0.25) is 19.4 Å². The quantitative estimate of drug-likeness (QED) is 0.220. The lowest BCUT2D eigenvalue weighted by Crippen LogP contribution is -2.52. The lowest BCUT2D eigenvalue weighted by Gasteiger charge is -2.41. The lowest BCUT2D eigenvalue weighted by atomic mass is 9.91. The summed E-state index contributed by atoms with van der Waals surface area (Å²) < 4.78 is 110. The molecular formula is C26H27F8N5O3S. The number of aliphatic hydroxyl groups is 1. The molecule has 43 heavy (non-hydrogen) atoms. The van der Waals surface area contributed by atoms with E-state index in [2.05, 4.69) is 10.3 Å². The molecule has 3 atom stereocenters. The molecule has 0 bridgehead atoms. The number of amides is 2. The van der Waals surface area contributed by atoms with Gasteiger partial charge >= 0.3 is 10.2 Å². The Balaban J connectivity index is 1.84. The molecule has 1 saturated carbocycles. The molecule has 0 radical (unpaired) electrons. The molecule has 2 N–H and O–H groups in total. The maximum Gasteiger partial charge on any atom is 0.310 e. The molecule has 236 valence electrons. The molecule has 1 aromatic carbocycles. The van der Waals surface area contributed by atoms with Crippen LogP contribution in [-0.2, 0) is 9.59 Å². The molecule has 1 aliphatic carbocycles. The van der Waals surface area contributed by atoms with Crippen molar-refractivity contribution in [3.8, 4) is 6.19 Å². The normalized spacial score (nSPS) is 24.8. The lowest BCUT2D eigenvalue weighted by molar-refractivity contribution is -0.129. The summed E-state index contributed by atoms with van der Waals surface area (Å²) in [5.41, 5.74) is -2.71. The SMILES string of the molecule is C[C@@]1(O)CC(C(=O)N(c2ccc(S(F)(F)(F)(F)F)cc2)C(C(=O)NC2CCC(F)(F)CC2)c2cccnc2F)N(C#N)C1. The van der Waals surface area contributed by atoms with Gasteiger partial charge in [0.1, 0.15) is 17.0 Å². The number of benzene rings is 1. The van der Waals surface area contributed by atoms with E-state index in [9.17, 15) is 48.2 Å². The van der Waals surface area contributed by atoms with Crippen molar-refractivity contribution in [2.24, 2.45) is 0 Å². The molecule has 1 aromatic heterocycles. The summed E-state index contributed by atoms with van der Waals surface area (Å²) in [5.74, 6) is -6.52. The van der Waals surface area contributed by atoms with Gasteiger partial charge < -0.3 is 10.4 Å². The number of carbonyl (C=O) groups excluding carboxylic acids is 2. The summed E-state index contributed by atoms with van der Waals surface area (Å²) in [6.45, 7) is 0.966. The predicted molar refractivity (Wildman–Crippen MR) is 139 cm³/mol. The van der Waals surface area contributed by atoms with Gasteiger partial charge in [-0.05, 0) is 50.1 Å². The molecule has 17 heteroatoms. The minimum atomic E-state index is -10.2. The van der Waals surface area contributed by atoms with Crippen LogP contribution in [0, 0.1) is 17.4 Å². The minimum absolute atomic E-state index is 0.00181. The second-order valence-corrected chi connectivity index (χ2v) is 13.5. The largest absolute Gasteiger partial charge is 0.388 e. The second-order valence-electron chi connectivity index (χ2n) is 11.0. The van der Waals surface area contributed by atoms with E-state index < -0.39 is 86.6 Å². The van der Waals surface area contributed by atoms with Gasteiger partial charge in [0.25, 0.3) is 5.91 Å². The maximum absolute atomic E-state index is 15.1. The number of β-amino-alcohol motifs (C(OH)–C–C–N with tert-alkyl or cyclic N) is 1. The van der Waals surface area contributed by atoms with Gasteiger partial charge in [0.2, 0.25) is 17.8 Å². The van der Waals surface area contributed by atoms with Crippen LogP contribution in [-0.4, -0.2) is 57.0 Å². The van der Waals surface area contributed by atoms with Crippen molar-refractivity contribution in [3.05, 3.63) is 54.1 Å². The first kappa shape index (κ1) is 32.3. The minimum Gasteiger partial charge on any atom is -0.388 e. The smallest absolute Gasteiger partial charge is 0.310 e. The number of alkyl halides is 2. The van der Waals surface area contributed by atoms with E-state index in [-0.39, 0.29) is 37.9 Å². The van der Waals surface area contributed by atoms with Crippen molar-refractivity contribution in [2.75, 3.05) is 11.4 Å². The van der Waals surface area contributed by atoms with Crippen molar-refractivity contribution in [1.29, 1.82) is 5.26 Å². The highest BCUT2D eigenvalue weighted by Crippen LogP contribution is 3.02. The summed E-state index contributed by atoms with van der Waals surface area (Å²) in [6.07, 6.45) is 0.833. The first-order valence-electron chi connectivity index (χ1n) is 13.0. The van der Waals surface area contributed by atoms with E-state index in [1.807, 2.05) is 0 Å². The van der Waals surface area contributed by atoms with Crippen molar-refractivity contribution < 1.29 is 47.3 Å². The van der Waals surface area contributed by atoms with Crippen LogP contribution in [0.1, 0.15) is 50.6 Å². The number of halogens is 8. The van der Waals surface area contributed by atoms with E-state index in [1.165, 1.54) is 13.0 Å². The summed E-state index contributed by atoms with van der Waals surface area (Å²) in [5, 5.41) is 22.6. The third-order valence-corrected chi connectivity index (χ3v) is 8.55. The Bertz CT molecular complexity index is 1440. The molecular weight excluding hydrogens is 614 g/mol. The Labute approximate surface area is 241 Å². The number of rotatable bonds is 7. The highest BCUT2D eigenvalue weighted by Gasteiger charge is 2.65. The van der Waals surface area contributed by atoms with Gasteiger partial charge in [0.05, 0.1) is 12.1 Å². The molecule has 2 heterocycles. The third kappa shape index (κ3) is 7.29. The van der Waals surface area contributed by atoms with Gasteiger partial charge in [0, 0.05) is 42.8 Å². The zero-order valence-electron chi connectivity index (χ0n) is 22.5. The van der Waals surface area contributed by atoms with Crippen molar-refractivity contribution in [1.82, 2.24) is 15.2 Å². The number of nitrogens with zero attached hydrogens (tertiary/aromatic N) is 4. The Morgan fingerprint density at radius 1 is 1.14 bits per heavy atom. The van der Waals surface area contributed by atoms with Crippen LogP contribution < -0.4 is 10.2 Å². The zero-order valence-corrected chi connectivity index (χ0v) is 23.3. The Morgan fingerprint density at radius 3 is 2.28 bits per heavy atom. The van der Waals surface area contributed by atoms with E-state index >= 15 is 4.39 Å². The van der Waals surface area contributed by atoms with Crippen molar-refractivity contribution in [3.63, 3.8) is 0 Å². The van der Waals surface area contributed by atoms with Crippen molar-refractivity contribution >= 4 is 27.7 Å². The highest BCUT2D eigenvalue weighted by molar-refractivity contribution is 8.45. The molecule has 1 aliphatic heterocycles. The first-order chi connectivity index (χ1) is 19.6. The number of carbonyl (C=O) groups is 2. The standard InChI is InChI=1S/C26H27F8N5O3S/c1-25(42)13-20(38(14-25)15-35)24(41)39(17-4-6-18(7-5-17)43(30,31,32,33)34)21(19-3-2-12-36-22(19)27)23(40)37-16-8-10-26(28,29)11-9-16/h2-7,12,16,20-21,42H,8-11,13-14H2,1H3,(H,37,40)/t20?,21?,25-/m1/s1. The molecule has 2 aromatic rings. The van der Waals surface area contributed by atoms with E-state index in [4.69, 9.17) is 0 Å². The molecule has 1 saturated heterocycles. The first-order valence-corrected chi connectivity index (χ1v) is 14.9. The second kappa shape index (κ2) is 10.2. The average molecular weight is 642 g/mol. The fourth-order valence-corrected chi connectivity index (χ4v) is 5.94. The number of nitriles is 1. The Kier molecular flexibility index (Phi) is 7.67. The summed E-state index contributed by atoms with van der Waals surface area (Å²) in [6, 6.07) is -1.15. The van der Waals surface area contributed by atoms with Crippen LogP contribution in [0.3, 0.4) is 0 Å². The number of likely N-dealkylation sites (tertiary alicyclic amines) is 1. The van der Waals surface area contributed by atoms with Crippen LogP contribution in [0.25, 0.3) is 0 Å². The number of hydrogen-bond acceptors (Lipinski definition) is 6. The topological polar surface area (TPSA) is 110 Å².